The third-order valence-corrected chi connectivity index (χ3v) is 3.53. The Morgan fingerprint density at radius 3 is 2.64 bits per heavy atom. The van der Waals surface area contributed by atoms with E-state index in [-0.39, 0.29) is 0 Å². The predicted molar refractivity (Wildman–Crippen MR) is 87.7 cm³/mol. The number of tetrazole rings is 1. The smallest absolute Gasteiger partial charge is 0.200 e. The predicted octanol–water partition coefficient (Wildman–Crippen LogP) is 1.63. The van der Waals surface area contributed by atoms with Crippen LogP contribution in [0.1, 0.15) is 13.8 Å². The van der Waals surface area contributed by atoms with Crippen LogP contribution in [0, 0.1) is 5.92 Å². The van der Waals surface area contributed by atoms with Gasteiger partial charge in [0.2, 0.25) is 0 Å². The lowest BCUT2D eigenvalue weighted by Crippen LogP contribution is -2.44. The minimum atomic E-state index is 0.349. The summed E-state index contributed by atoms with van der Waals surface area (Å²) in [6.45, 7) is 14.5. The highest BCUT2D eigenvalue weighted by atomic mass is 15.6. The van der Waals surface area contributed by atoms with Gasteiger partial charge in [0.15, 0.2) is 5.65 Å². The second-order valence-electron chi connectivity index (χ2n) is 5.47. The first kappa shape index (κ1) is 16.1. The minimum Gasteiger partial charge on any atom is -0.367 e. The molecule has 0 aromatic carbocycles. The molecule has 0 saturated carbocycles. The van der Waals surface area contributed by atoms with Crippen molar-refractivity contribution >= 4 is 11.5 Å². The van der Waals surface area contributed by atoms with Gasteiger partial charge in [0, 0.05) is 25.7 Å². The van der Waals surface area contributed by atoms with E-state index in [1.807, 2.05) is 24.3 Å². The van der Waals surface area contributed by atoms with Crippen molar-refractivity contribution in [3.8, 4) is 0 Å². The summed E-state index contributed by atoms with van der Waals surface area (Å²) in [5.74, 6) is 1.24. The highest BCUT2D eigenvalue weighted by Gasteiger charge is 2.20. The molecule has 0 radical (unpaired) electrons. The first-order chi connectivity index (χ1) is 10.7. The molecule has 1 N–H and O–H groups in total. The van der Waals surface area contributed by atoms with Gasteiger partial charge in [-0.1, -0.05) is 26.0 Å². The normalized spacial score (nSPS) is 12.7. The second kappa shape index (κ2) is 7.65. The Bertz CT molecular complexity index is 609. The fourth-order valence-electron chi connectivity index (χ4n) is 2.42. The summed E-state index contributed by atoms with van der Waals surface area (Å²) >= 11 is 0. The van der Waals surface area contributed by atoms with Crippen LogP contribution in [0.3, 0.4) is 0 Å². The zero-order valence-corrected chi connectivity index (χ0v) is 13.2. The molecule has 2 rings (SSSR count). The fraction of sp³-hybridized carbons (Fsp3) is 0.467. The van der Waals surface area contributed by atoms with E-state index >= 15 is 0 Å². The lowest BCUT2D eigenvalue weighted by Gasteiger charge is -2.33. The minimum absolute atomic E-state index is 0.349. The van der Waals surface area contributed by atoms with Crippen LogP contribution in [0.4, 0.5) is 5.82 Å². The number of nitrogens with zero attached hydrogens (tertiary/aromatic N) is 6. The molecule has 118 valence electrons. The highest BCUT2D eigenvalue weighted by molar-refractivity contribution is 5.42. The number of aromatic nitrogens is 5. The first-order valence-corrected chi connectivity index (χ1v) is 7.40. The molecule has 0 spiro atoms. The quantitative estimate of drug-likeness (QED) is 0.710. The maximum absolute atomic E-state index is 4.33. The number of nitrogens with one attached hydrogen (secondary N) is 1. The standard InChI is InChI=1S/C15H23N7/c1-5-9-21(10-6-2)13(12(3)4)11-16-14-7-8-15-17-19-20-22(15)18-14/h5-8,12-13H,1-2,9-11H2,3-4H3,(H,16,18)/t13-/m1/s1. The molecular formula is C15H23N7. The largest absolute Gasteiger partial charge is 0.367 e. The van der Waals surface area contributed by atoms with E-state index in [4.69, 9.17) is 0 Å². The van der Waals surface area contributed by atoms with Crippen molar-refractivity contribution in [2.24, 2.45) is 5.92 Å². The van der Waals surface area contributed by atoms with E-state index < -0.39 is 0 Å². The number of fused-ring (bicyclic) bond motifs is 1. The van der Waals surface area contributed by atoms with Crippen LogP contribution in [-0.4, -0.2) is 55.8 Å². The van der Waals surface area contributed by atoms with E-state index in [2.05, 4.69) is 57.8 Å². The molecule has 2 aromatic rings. The molecule has 22 heavy (non-hydrogen) atoms. The fourth-order valence-corrected chi connectivity index (χ4v) is 2.42. The third kappa shape index (κ3) is 3.88. The lowest BCUT2D eigenvalue weighted by molar-refractivity contribution is 0.199. The Morgan fingerprint density at radius 2 is 2.00 bits per heavy atom. The van der Waals surface area contributed by atoms with Gasteiger partial charge in [-0.05, 0) is 28.5 Å². The van der Waals surface area contributed by atoms with Crippen molar-refractivity contribution < 1.29 is 0 Å². The Balaban J connectivity index is 2.06. The van der Waals surface area contributed by atoms with Crippen LogP contribution < -0.4 is 5.32 Å². The SMILES string of the molecule is C=CCN(CC=C)[C@H](CNc1ccc2nnnn2n1)C(C)C. The molecule has 0 fully saturated rings. The van der Waals surface area contributed by atoms with E-state index in [0.717, 1.165) is 25.5 Å². The maximum atomic E-state index is 4.33. The Labute approximate surface area is 130 Å². The third-order valence-electron chi connectivity index (χ3n) is 3.53. The van der Waals surface area contributed by atoms with E-state index in [1.54, 1.807) is 0 Å². The summed E-state index contributed by atoms with van der Waals surface area (Å²) in [5.41, 5.74) is 0.630. The van der Waals surface area contributed by atoms with E-state index in [9.17, 15) is 0 Å². The van der Waals surface area contributed by atoms with Gasteiger partial charge in [0.1, 0.15) is 5.82 Å². The summed E-state index contributed by atoms with van der Waals surface area (Å²) in [5, 5.41) is 18.9. The summed E-state index contributed by atoms with van der Waals surface area (Å²) < 4.78 is 1.41. The van der Waals surface area contributed by atoms with Crippen LogP contribution in [0.2, 0.25) is 0 Å². The summed E-state index contributed by atoms with van der Waals surface area (Å²) in [6, 6.07) is 4.07. The van der Waals surface area contributed by atoms with Crippen molar-refractivity contribution in [1.82, 2.24) is 30.2 Å². The highest BCUT2D eigenvalue weighted by Crippen LogP contribution is 2.13. The van der Waals surface area contributed by atoms with Gasteiger partial charge in [-0.15, -0.1) is 28.0 Å². The molecule has 7 nitrogen and oxygen atoms in total. The number of anilines is 1. The van der Waals surface area contributed by atoms with Crippen LogP contribution in [0.5, 0.6) is 0 Å². The van der Waals surface area contributed by atoms with Crippen LogP contribution >= 0.6 is 0 Å². The van der Waals surface area contributed by atoms with Gasteiger partial charge < -0.3 is 5.32 Å². The lowest BCUT2D eigenvalue weighted by atomic mass is 10.0. The molecule has 0 bridgehead atoms. The molecule has 2 heterocycles. The zero-order valence-electron chi connectivity index (χ0n) is 13.2. The van der Waals surface area contributed by atoms with E-state index in [1.165, 1.54) is 4.63 Å². The number of hydrogen-bond donors (Lipinski definition) is 1. The molecule has 1 atom stereocenters. The van der Waals surface area contributed by atoms with Crippen LogP contribution in [0.15, 0.2) is 37.4 Å². The van der Waals surface area contributed by atoms with Crippen molar-refractivity contribution in [1.29, 1.82) is 0 Å². The van der Waals surface area contributed by atoms with E-state index in [0.29, 0.717) is 17.6 Å². The average molecular weight is 301 g/mol. The zero-order chi connectivity index (χ0) is 15.9. The maximum Gasteiger partial charge on any atom is 0.200 e. The van der Waals surface area contributed by atoms with Crippen LogP contribution in [-0.2, 0) is 0 Å². The van der Waals surface area contributed by atoms with Gasteiger partial charge in [-0.2, -0.15) is 0 Å². The van der Waals surface area contributed by atoms with Gasteiger partial charge in [-0.25, -0.2) is 0 Å². The van der Waals surface area contributed by atoms with Crippen molar-refractivity contribution in [2.75, 3.05) is 25.0 Å². The summed E-state index contributed by atoms with van der Waals surface area (Å²) in [6.07, 6.45) is 3.84. The molecule has 0 aliphatic heterocycles. The van der Waals surface area contributed by atoms with Crippen molar-refractivity contribution in [2.45, 2.75) is 19.9 Å². The Hall–Kier alpha value is -2.28. The van der Waals surface area contributed by atoms with Gasteiger partial charge in [0.25, 0.3) is 0 Å². The monoisotopic (exact) mass is 301 g/mol. The van der Waals surface area contributed by atoms with Gasteiger partial charge in [0.05, 0.1) is 0 Å². The molecule has 0 aliphatic carbocycles. The van der Waals surface area contributed by atoms with Crippen LogP contribution in [0.25, 0.3) is 5.65 Å². The molecule has 0 saturated heterocycles. The molecule has 0 aliphatic rings. The molecule has 7 heteroatoms. The topological polar surface area (TPSA) is 71.2 Å². The average Bonchev–Trinajstić information content (AvgIpc) is 2.95. The van der Waals surface area contributed by atoms with Crippen molar-refractivity contribution in [3.05, 3.63) is 37.4 Å². The summed E-state index contributed by atoms with van der Waals surface area (Å²) in [7, 11) is 0. The number of rotatable bonds is 9. The first-order valence-electron chi connectivity index (χ1n) is 7.40. The van der Waals surface area contributed by atoms with Gasteiger partial charge in [-0.3, -0.25) is 4.90 Å². The number of hydrogen-bond acceptors (Lipinski definition) is 6. The summed E-state index contributed by atoms with van der Waals surface area (Å²) in [4.78, 5) is 2.34. The molecular weight excluding hydrogens is 278 g/mol. The molecule has 0 unspecified atom stereocenters. The molecule has 2 aromatic heterocycles. The van der Waals surface area contributed by atoms with Crippen molar-refractivity contribution in [3.63, 3.8) is 0 Å². The Kier molecular flexibility index (Phi) is 5.60. The molecule has 0 amide bonds. The van der Waals surface area contributed by atoms with Gasteiger partial charge >= 0.3 is 0 Å². The Morgan fingerprint density at radius 1 is 1.27 bits per heavy atom. The second-order valence-corrected chi connectivity index (χ2v) is 5.47.